The van der Waals surface area contributed by atoms with Gasteiger partial charge in [0.1, 0.15) is 5.82 Å². The number of carbonyl (C=O) groups excluding carboxylic acids is 2. The second kappa shape index (κ2) is 4.34. The summed E-state index contributed by atoms with van der Waals surface area (Å²) in [6.07, 6.45) is 3.20. The lowest BCUT2D eigenvalue weighted by molar-refractivity contribution is -0.138. The second-order valence-electron chi connectivity index (χ2n) is 3.80. The van der Waals surface area contributed by atoms with Gasteiger partial charge in [-0.1, -0.05) is 0 Å². The number of aryl methyl sites for hydroxylation is 1. The highest BCUT2D eigenvalue weighted by Crippen LogP contribution is 2.12. The number of hydrogen-bond acceptors (Lipinski definition) is 4. The molecule has 0 aromatic carbocycles. The van der Waals surface area contributed by atoms with Gasteiger partial charge >= 0.3 is 0 Å². The normalized spacial score (nSPS) is 16.1. The van der Waals surface area contributed by atoms with Crippen LogP contribution in [0.1, 0.15) is 19.3 Å². The molecule has 0 spiro atoms. The zero-order valence-electron chi connectivity index (χ0n) is 8.93. The average molecular weight is 222 g/mol. The van der Waals surface area contributed by atoms with Crippen molar-refractivity contribution in [3.05, 3.63) is 12.3 Å². The van der Waals surface area contributed by atoms with Crippen molar-refractivity contribution in [3.8, 4) is 0 Å². The van der Waals surface area contributed by atoms with Crippen molar-refractivity contribution in [2.24, 2.45) is 0 Å². The van der Waals surface area contributed by atoms with Gasteiger partial charge in [-0.2, -0.15) is 5.10 Å². The lowest BCUT2D eigenvalue weighted by Gasteiger charge is -2.13. The van der Waals surface area contributed by atoms with E-state index in [9.17, 15) is 9.59 Å². The Morgan fingerprint density at radius 3 is 2.50 bits per heavy atom. The monoisotopic (exact) mass is 222 g/mol. The van der Waals surface area contributed by atoms with E-state index in [1.165, 1.54) is 4.90 Å². The summed E-state index contributed by atoms with van der Waals surface area (Å²) in [6.45, 7) is 1.13. The van der Waals surface area contributed by atoms with Crippen LogP contribution in [-0.4, -0.2) is 33.0 Å². The van der Waals surface area contributed by atoms with Gasteiger partial charge in [0.05, 0.1) is 0 Å². The smallest absolute Gasteiger partial charge is 0.229 e. The van der Waals surface area contributed by atoms with Gasteiger partial charge in [-0.25, -0.2) is 0 Å². The molecule has 1 saturated heterocycles. The van der Waals surface area contributed by atoms with Gasteiger partial charge in [0.25, 0.3) is 0 Å². The molecular weight excluding hydrogens is 208 g/mol. The lowest BCUT2D eigenvalue weighted by atomic mass is 10.4. The summed E-state index contributed by atoms with van der Waals surface area (Å²) in [7, 11) is 0. The fraction of sp³-hybridized carbons (Fsp3) is 0.500. The van der Waals surface area contributed by atoms with Crippen molar-refractivity contribution < 1.29 is 9.59 Å². The Kier molecular flexibility index (Phi) is 2.89. The molecule has 0 unspecified atom stereocenters. The Labute approximate surface area is 93.0 Å². The van der Waals surface area contributed by atoms with Crippen molar-refractivity contribution in [2.75, 3.05) is 12.3 Å². The number of hydrogen-bond donors (Lipinski definition) is 1. The Hall–Kier alpha value is -1.85. The summed E-state index contributed by atoms with van der Waals surface area (Å²) in [4.78, 5) is 23.9. The first-order valence-corrected chi connectivity index (χ1v) is 5.29. The lowest BCUT2D eigenvalue weighted by Crippen LogP contribution is -2.30. The largest absolute Gasteiger partial charge is 0.382 e. The van der Waals surface area contributed by atoms with Crippen molar-refractivity contribution in [1.82, 2.24) is 14.7 Å². The molecule has 6 heteroatoms. The van der Waals surface area contributed by atoms with Crippen LogP contribution in [0, 0.1) is 0 Å². The Morgan fingerprint density at radius 1 is 1.25 bits per heavy atom. The molecule has 0 bridgehead atoms. The molecule has 1 aliphatic heterocycles. The molecule has 86 valence electrons. The summed E-state index contributed by atoms with van der Waals surface area (Å²) in [5.74, 6) is 0.350. The first-order valence-electron chi connectivity index (χ1n) is 5.29. The van der Waals surface area contributed by atoms with E-state index in [0.717, 1.165) is 0 Å². The summed E-state index contributed by atoms with van der Waals surface area (Å²) in [6, 6.07) is 1.71. The average Bonchev–Trinajstić information content (AvgIpc) is 2.78. The summed E-state index contributed by atoms with van der Waals surface area (Å²) >= 11 is 0. The van der Waals surface area contributed by atoms with E-state index in [4.69, 9.17) is 5.73 Å². The molecule has 0 radical (unpaired) electrons. The first-order chi connectivity index (χ1) is 7.66. The van der Waals surface area contributed by atoms with Crippen LogP contribution in [-0.2, 0) is 16.1 Å². The van der Waals surface area contributed by atoms with Crippen LogP contribution in [0.15, 0.2) is 12.3 Å². The Morgan fingerprint density at radius 2 is 1.94 bits per heavy atom. The number of rotatable bonds is 4. The summed E-state index contributed by atoms with van der Waals surface area (Å²) in [5, 5.41) is 4.02. The minimum Gasteiger partial charge on any atom is -0.382 e. The van der Waals surface area contributed by atoms with E-state index in [0.29, 0.717) is 38.2 Å². The van der Waals surface area contributed by atoms with E-state index in [-0.39, 0.29) is 11.8 Å². The van der Waals surface area contributed by atoms with Gasteiger partial charge in [-0.05, 0) is 12.5 Å². The minimum absolute atomic E-state index is 0.0648. The number of nitrogens with two attached hydrogens (primary N) is 1. The van der Waals surface area contributed by atoms with E-state index < -0.39 is 0 Å². The van der Waals surface area contributed by atoms with Crippen LogP contribution in [0.4, 0.5) is 5.82 Å². The quantitative estimate of drug-likeness (QED) is 0.727. The number of anilines is 1. The minimum atomic E-state index is -0.0648. The number of likely N-dealkylation sites (tertiary alicyclic amines) is 1. The molecule has 1 aliphatic rings. The molecule has 16 heavy (non-hydrogen) atoms. The first kappa shape index (κ1) is 10.7. The zero-order valence-corrected chi connectivity index (χ0v) is 8.93. The number of aromatic nitrogens is 2. The third-order valence-corrected chi connectivity index (χ3v) is 2.59. The maximum absolute atomic E-state index is 11.3. The number of nitrogens with zero attached hydrogens (tertiary/aromatic N) is 3. The predicted molar refractivity (Wildman–Crippen MR) is 57.2 cm³/mol. The molecule has 1 fully saturated rings. The highest BCUT2D eigenvalue weighted by atomic mass is 16.2. The molecule has 0 aliphatic carbocycles. The van der Waals surface area contributed by atoms with Crippen molar-refractivity contribution >= 4 is 17.6 Å². The molecule has 2 N–H and O–H groups in total. The highest BCUT2D eigenvalue weighted by molar-refractivity contribution is 6.01. The fourth-order valence-electron chi connectivity index (χ4n) is 1.77. The van der Waals surface area contributed by atoms with Crippen molar-refractivity contribution in [2.45, 2.75) is 25.8 Å². The third kappa shape index (κ3) is 2.21. The van der Waals surface area contributed by atoms with Crippen molar-refractivity contribution in [3.63, 3.8) is 0 Å². The molecule has 6 nitrogen and oxygen atoms in total. The zero-order chi connectivity index (χ0) is 11.5. The highest BCUT2D eigenvalue weighted by Gasteiger charge is 2.27. The molecule has 2 amide bonds. The standard InChI is InChI=1S/C10H14N4O2/c11-8-4-7-13(12-8)5-1-6-14-9(15)2-3-10(14)16/h4,7H,1-3,5-6H2,(H2,11,12). The summed E-state index contributed by atoms with van der Waals surface area (Å²) in [5.41, 5.74) is 5.47. The Balaban J connectivity index is 1.80. The van der Waals surface area contributed by atoms with Gasteiger partial charge in [0.2, 0.25) is 11.8 Å². The predicted octanol–water partition coefficient (Wildman–Crippen LogP) is 0.00440. The van der Waals surface area contributed by atoms with E-state index in [1.54, 1.807) is 16.9 Å². The molecule has 2 rings (SSSR count). The number of amides is 2. The molecular formula is C10H14N4O2. The van der Waals surface area contributed by atoms with Gasteiger partial charge in [0.15, 0.2) is 0 Å². The van der Waals surface area contributed by atoms with Crippen LogP contribution in [0.5, 0.6) is 0 Å². The number of imide groups is 1. The number of nitrogen functional groups attached to an aromatic ring is 1. The molecule has 1 aromatic rings. The van der Waals surface area contributed by atoms with E-state index in [2.05, 4.69) is 5.10 Å². The van der Waals surface area contributed by atoms with Gasteiger partial charge in [-0.3, -0.25) is 19.2 Å². The summed E-state index contributed by atoms with van der Waals surface area (Å²) < 4.78 is 1.71. The maximum Gasteiger partial charge on any atom is 0.229 e. The van der Waals surface area contributed by atoms with Crippen molar-refractivity contribution in [1.29, 1.82) is 0 Å². The SMILES string of the molecule is Nc1ccn(CCCN2C(=O)CCC2=O)n1. The molecule has 0 saturated carbocycles. The van der Waals surface area contributed by atoms with Crippen LogP contribution in [0.25, 0.3) is 0 Å². The van der Waals surface area contributed by atoms with Gasteiger partial charge < -0.3 is 5.73 Å². The van der Waals surface area contributed by atoms with Crippen LogP contribution in [0.2, 0.25) is 0 Å². The van der Waals surface area contributed by atoms with Crippen LogP contribution >= 0.6 is 0 Å². The fourth-order valence-corrected chi connectivity index (χ4v) is 1.77. The van der Waals surface area contributed by atoms with Gasteiger partial charge in [-0.15, -0.1) is 0 Å². The van der Waals surface area contributed by atoms with Crippen LogP contribution in [0.3, 0.4) is 0 Å². The molecule has 1 aromatic heterocycles. The Bertz CT molecular complexity index is 397. The van der Waals surface area contributed by atoms with Crippen LogP contribution < -0.4 is 5.73 Å². The van der Waals surface area contributed by atoms with Gasteiger partial charge in [0, 0.05) is 32.1 Å². The van der Waals surface area contributed by atoms with E-state index in [1.807, 2.05) is 0 Å². The van der Waals surface area contributed by atoms with E-state index >= 15 is 0 Å². The molecule has 0 atom stereocenters. The molecule has 2 heterocycles. The maximum atomic E-state index is 11.3. The number of carbonyl (C=O) groups is 2. The third-order valence-electron chi connectivity index (χ3n) is 2.59. The topological polar surface area (TPSA) is 81.2 Å². The second-order valence-corrected chi connectivity index (χ2v) is 3.80.